The van der Waals surface area contributed by atoms with Crippen LogP contribution in [0.2, 0.25) is 0 Å². The summed E-state index contributed by atoms with van der Waals surface area (Å²) in [5.41, 5.74) is 2.57. The van der Waals surface area contributed by atoms with Gasteiger partial charge < -0.3 is 4.90 Å². The quantitative estimate of drug-likeness (QED) is 0.590. The van der Waals surface area contributed by atoms with Crippen molar-refractivity contribution in [3.63, 3.8) is 0 Å². The molecule has 0 unspecified atom stereocenters. The molecule has 0 saturated carbocycles. The minimum atomic E-state index is -3.80. The van der Waals surface area contributed by atoms with Gasteiger partial charge in [0.05, 0.1) is 10.6 Å². The molecule has 168 valence electrons. The first-order valence-corrected chi connectivity index (χ1v) is 12.9. The Morgan fingerprint density at radius 3 is 2.41 bits per heavy atom. The summed E-state index contributed by atoms with van der Waals surface area (Å²) in [6.45, 7) is 7.44. The van der Waals surface area contributed by atoms with E-state index in [-0.39, 0.29) is 10.8 Å². The van der Waals surface area contributed by atoms with Crippen LogP contribution in [-0.4, -0.2) is 50.3 Å². The molecule has 2 aromatic carbocycles. The number of amides is 1. The number of aryl methyl sites for hydroxylation is 2. The number of carbonyl (C=O) groups excluding carboxylic acids is 1. The first-order valence-electron chi connectivity index (χ1n) is 10.6. The Bertz CT molecular complexity index is 1200. The van der Waals surface area contributed by atoms with Gasteiger partial charge in [0.2, 0.25) is 0 Å². The highest BCUT2D eigenvalue weighted by molar-refractivity contribution is 7.92. The lowest BCUT2D eigenvalue weighted by atomic mass is 10.1. The van der Waals surface area contributed by atoms with E-state index in [1.807, 2.05) is 30.9 Å². The van der Waals surface area contributed by atoms with Crippen LogP contribution in [0.15, 0.2) is 64.9 Å². The molecular formula is C24H27N3O3S2. The highest BCUT2D eigenvalue weighted by Crippen LogP contribution is 2.23. The van der Waals surface area contributed by atoms with Crippen molar-refractivity contribution in [1.82, 2.24) is 9.80 Å². The van der Waals surface area contributed by atoms with Crippen LogP contribution in [-0.2, 0) is 16.6 Å². The summed E-state index contributed by atoms with van der Waals surface area (Å²) in [5.74, 6) is -0.119. The van der Waals surface area contributed by atoms with Gasteiger partial charge >= 0.3 is 0 Å². The molecule has 8 heteroatoms. The first kappa shape index (κ1) is 22.5. The van der Waals surface area contributed by atoms with E-state index in [4.69, 9.17) is 0 Å². The fourth-order valence-electron chi connectivity index (χ4n) is 3.79. The minimum Gasteiger partial charge on any atom is -0.336 e. The summed E-state index contributed by atoms with van der Waals surface area (Å²) in [7, 11) is -3.80. The van der Waals surface area contributed by atoms with E-state index in [2.05, 4.69) is 27.1 Å². The Hall–Kier alpha value is -2.68. The van der Waals surface area contributed by atoms with Crippen molar-refractivity contribution in [3.8, 4) is 0 Å². The lowest BCUT2D eigenvalue weighted by molar-refractivity contribution is 0.0628. The van der Waals surface area contributed by atoms with Crippen LogP contribution in [0, 0.1) is 13.8 Å². The van der Waals surface area contributed by atoms with Gasteiger partial charge in [0.15, 0.2) is 0 Å². The van der Waals surface area contributed by atoms with Crippen molar-refractivity contribution in [2.75, 3.05) is 30.9 Å². The van der Waals surface area contributed by atoms with Crippen molar-refractivity contribution < 1.29 is 13.2 Å². The van der Waals surface area contributed by atoms with E-state index >= 15 is 0 Å². The Morgan fingerprint density at radius 2 is 1.72 bits per heavy atom. The van der Waals surface area contributed by atoms with E-state index in [1.54, 1.807) is 35.6 Å². The van der Waals surface area contributed by atoms with E-state index in [0.717, 1.165) is 30.8 Å². The molecule has 4 rings (SSSR count). The summed E-state index contributed by atoms with van der Waals surface area (Å²) in [5, 5.41) is 2.08. The van der Waals surface area contributed by atoms with Crippen LogP contribution in [0.4, 0.5) is 5.69 Å². The molecule has 1 aromatic heterocycles. The van der Waals surface area contributed by atoms with Gasteiger partial charge in [0.1, 0.15) is 0 Å². The summed E-state index contributed by atoms with van der Waals surface area (Å²) < 4.78 is 28.6. The summed E-state index contributed by atoms with van der Waals surface area (Å²) in [6.07, 6.45) is 0. The molecule has 32 heavy (non-hydrogen) atoms. The lowest BCUT2D eigenvalue weighted by Gasteiger charge is -2.34. The second-order valence-corrected chi connectivity index (χ2v) is 10.8. The Labute approximate surface area is 193 Å². The van der Waals surface area contributed by atoms with Crippen LogP contribution in [0.1, 0.15) is 26.4 Å². The molecule has 1 aliphatic heterocycles. The number of carbonyl (C=O) groups is 1. The molecule has 0 atom stereocenters. The zero-order chi connectivity index (χ0) is 22.7. The average Bonchev–Trinajstić information content (AvgIpc) is 3.28. The van der Waals surface area contributed by atoms with Crippen molar-refractivity contribution in [2.45, 2.75) is 25.3 Å². The molecule has 3 aromatic rings. The van der Waals surface area contributed by atoms with E-state index in [1.165, 1.54) is 10.9 Å². The standard InChI is InChI=1S/C24H27N3O3S2/c1-18-9-10-21(32(29,30)25-23-8-4-3-6-19(23)2)16-22(18)24(28)27-13-11-26(12-14-27)17-20-7-5-15-31-20/h3-10,15-16,25H,11-14,17H2,1-2H3. The smallest absolute Gasteiger partial charge is 0.261 e. The maximum atomic E-state index is 13.2. The van der Waals surface area contributed by atoms with Gasteiger partial charge in [-0.2, -0.15) is 0 Å². The van der Waals surface area contributed by atoms with Crippen molar-refractivity contribution in [2.24, 2.45) is 0 Å². The molecule has 2 heterocycles. The van der Waals surface area contributed by atoms with Gasteiger partial charge in [0, 0.05) is 43.2 Å². The molecular weight excluding hydrogens is 442 g/mol. The fourth-order valence-corrected chi connectivity index (χ4v) is 5.69. The molecule has 1 fully saturated rings. The zero-order valence-electron chi connectivity index (χ0n) is 18.2. The van der Waals surface area contributed by atoms with Gasteiger partial charge in [-0.05, 0) is 54.6 Å². The topological polar surface area (TPSA) is 69.7 Å². The number of rotatable bonds is 6. The maximum Gasteiger partial charge on any atom is 0.261 e. The third-order valence-electron chi connectivity index (χ3n) is 5.76. The molecule has 1 amide bonds. The highest BCUT2D eigenvalue weighted by atomic mass is 32.2. The molecule has 1 N–H and O–H groups in total. The number of piperazine rings is 1. The number of thiophene rings is 1. The van der Waals surface area contributed by atoms with Crippen molar-refractivity contribution in [3.05, 3.63) is 81.5 Å². The van der Waals surface area contributed by atoms with Crippen LogP contribution >= 0.6 is 11.3 Å². The fraction of sp³-hybridized carbons (Fsp3) is 0.292. The number of nitrogens with zero attached hydrogens (tertiary/aromatic N) is 2. The predicted octanol–water partition coefficient (Wildman–Crippen LogP) is 4.12. The molecule has 0 spiro atoms. The number of benzene rings is 2. The van der Waals surface area contributed by atoms with Gasteiger partial charge in [-0.25, -0.2) is 8.42 Å². The monoisotopic (exact) mass is 469 g/mol. The molecule has 1 saturated heterocycles. The van der Waals surface area contributed by atoms with Gasteiger partial charge in [-0.3, -0.25) is 14.4 Å². The number of nitrogens with one attached hydrogen (secondary N) is 1. The third-order valence-corrected chi connectivity index (χ3v) is 7.98. The van der Waals surface area contributed by atoms with Gasteiger partial charge in [0.25, 0.3) is 15.9 Å². The van der Waals surface area contributed by atoms with Crippen LogP contribution < -0.4 is 4.72 Å². The van der Waals surface area contributed by atoms with E-state index in [9.17, 15) is 13.2 Å². The summed E-state index contributed by atoms with van der Waals surface area (Å²) in [6, 6.07) is 16.1. The predicted molar refractivity (Wildman–Crippen MR) is 129 cm³/mol. The maximum absolute atomic E-state index is 13.2. The molecule has 0 aliphatic carbocycles. The molecule has 0 bridgehead atoms. The van der Waals surface area contributed by atoms with Gasteiger partial charge in [-0.15, -0.1) is 11.3 Å². The largest absolute Gasteiger partial charge is 0.336 e. The number of sulfonamides is 1. The van der Waals surface area contributed by atoms with E-state index < -0.39 is 10.0 Å². The summed E-state index contributed by atoms with van der Waals surface area (Å²) >= 11 is 1.74. The number of para-hydroxylation sites is 1. The SMILES string of the molecule is Cc1ccccc1NS(=O)(=O)c1ccc(C)c(C(=O)N2CCN(Cc3cccs3)CC2)c1. The molecule has 6 nitrogen and oxygen atoms in total. The van der Waals surface area contributed by atoms with Crippen LogP contribution in [0.25, 0.3) is 0 Å². The van der Waals surface area contributed by atoms with Crippen molar-refractivity contribution >= 4 is 33.0 Å². The second kappa shape index (κ2) is 9.44. The number of hydrogen-bond donors (Lipinski definition) is 1. The summed E-state index contributed by atoms with van der Waals surface area (Å²) in [4.78, 5) is 18.8. The third kappa shape index (κ3) is 5.03. The Kier molecular flexibility index (Phi) is 6.64. The van der Waals surface area contributed by atoms with Crippen molar-refractivity contribution in [1.29, 1.82) is 0 Å². The number of anilines is 1. The van der Waals surface area contributed by atoms with Gasteiger partial charge in [-0.1, -0.05) is 30.3 Å². The molecule has 1 aliphatic rings. The average molecular weight is 470 g/mol. The first-order chi connectivity index (χ1) is 15.3. The Balaban J connectivity index is 1.47. The number of hydrogen-bond acceptors (Lipinski definition) is 5. The zero-order valence-corrected chi connectivity index (χ0v) is 19.9. The second-order valence-electron chi connectivity index (χ2n) is 8.04. The highest BCUT2D eigenvalue weighted by Gasteiger charge is 2.25. The lowest BCUT2D eigenvalue weighted by Crippen LogP contribution is -2.48. The Morgan fingerprint density at radius 1 is 0.969 bits per heavy atom. The normalized spacial score (nSPS) is 15.0. The minimum absolute atomic E-state index is 0.0889. The van der Waals surface area contributed by atoms with Crippen LogP contribution in [0.3, 0.4) is 0 Å². The van der Waals surface area contributed by atoms with E-state index in [0.29, 0.717) is 24.3 Å². The van der Waals surface area contributed by atoms with Crippen LogP contribution in [0.5, 0.6) is 0 Å². The molecule has 0 radical (unpaired) electrons.